The summed E-state index contributed by atoms with van der Waals surface area (Å²) in [4.78, 5) is 0. The lowest BCUT2D eigenvalue weighted by Gasteiger charge is -2.21. The number of nitrogens with zero attached hydrogens (tertiary/aromatic N) is 2. The Morgan fingerprint density at radius 3 is 2.15 bits per heavy atom. The second kappa shape index (κ2) is 8.57. The number of benzene rings is 2. The van der Waals surface area contributed by atoms with Crippen LogP contribution in [-0.4, -0.2) is 24.6 Å². The van der Waals surface area contributed by atoms with Crippen LogP contribution in [-0.2, 0) is 0 Å². The highest BCUT2D eigenvalue weighted by Gasteiger charge is 2.26. The SMILES string of the molecule is CCOc1cc2c(cc1OCC)C(CC)C(C)=NN=C2c1ccc(Cl)cc1. The Labute approximate surface area is 165 Å². The molecule has 0 N–H and O–H groups in total. The number of halogens is 1. The van der Waals surface area contributed by atoms with Crippen molar-refractivity contribution in [2.75, 3.05) is 13.2 Å². The monoisotopic (exact) mass is 384 g/mol. The van der Waals surface area contributed by atoms with E-state index in [0.717, 1.165) is 46.0 Å². The Balaban J connectivity index is 2.23. The lowest BCUT2D eigenvalue weighted by molar-refractivity contribution is 0.287. The van der Waals surface area contributed by atoms with E-state index < -0.39 is 0 Å². The fourth-order valence-electron chi connectivity index (χ4n) is 3.42. The van der Waals surface area contributed by atoms with E-state index in [9.17, 15) is 0 Å². The summed E-state index contributed by atoms with van der Waals surface area (Å²) in [6.07, 6.45) is 0.936. The Morgan fingerprint density at radius 2 is 1.56 bits per heavy atom. The van der Waals surface area contributed by atoms with Gasteiger partial charge in [0, 0.05) is 27.8 Å². The summed E-state index contributed by atoms with van der Waals surface area (Å²) in [5.41, 5.74) is 4.98. The normalized spacial score (nSPS) is 16.1. The van der Waals surface area contributed by atoms with Crippen molar-refractivity contribution < 1.29 is 9.47 Å². The smallest absolute Gasteiger partial charge is 0.161 e. The van der Waals surface area contributed by atoms with Gasteiger partial charge in [-0.2, -0.15) is 5.10 Å². The minimum absolute atomic E-state index is 0.184. The number of hydrogen-bond donors (Lipinski definition) is 0. The Kier molecular flexibility index (Phi) is 6.17. The van der Waals surface area contributed by atoms with E-state index in [-0.39, 0.29) is 5.92 Å². The summed E-state index contributed by atoms with van der Waals surface area (Å²) in [6.45, 7) is 9.30. The maximum atomic E-state index is 6.07. The van der Waals surface area contributed by atoms with Gasteiger partial charge < -0.3 is 9.47 Å². The molecule has 4 nitrogen and oxygen atoms in total. The first-order valence-electron chi connectivity index (χ1n) is 9.40. The standard InChI is InChI=1S/C22H25ClN2O2/c1-5-17-14(4)24-25-22(15-8-10-16(23)11-9-15)19-13-21(27-7-3)20(26-6-2)12-18(17)19/h8-13,17H,5-7H2,1-4H3. The van der Waals surface area contributed by atoms with Gasteiger partial charge in [-0.25, -0.2) is 0 Å². The van der Waals surface area contributed by atoms with Crippen LogP contribution in [0, 0.1) is 0 Å². The van der Waals surface area contributed by atoms with E-state index in [1.807, 2.05) is 51.1 Å². The molecule has 0 aromatic heterocycles. The van der Waals surface area contributed by atoms with Crippen molar-refractivity contribution in [3.8, 4) is 11.5 Å². The molecule has 142 valence electrons. The van der Waals surface area contributed by atoms with Gasteiger partial charge in [0.15, 0.2) is 11.5 Å². The van der Waals surface area contributed by atoms with E-state index in [1.165, 1.54) is 0 Å². The molecule has 2 aromatic carbocycles. The van der Waals surface area contributed by atoms with E-state index >= 15 is 0 Å². The van der Waals surface area contributed by atoms with Crippen molar-refractivity contribution in [2.24, 2.45) is 10.2 Å². The maximum Gasteiger partial charge on any atom is 0.161 e. The predicted molar refractivity (Wildman–Crippen MR) is 112 cm³/mol. The summed E-state index contributed by atoms with van der Waals surface area (Å²) < 4.78 is 11.7. The van der Waals surface area contributed by atoms with Crippen molar-refractivity contribution in [1.29, 1.82) is 0 Å². The van der Waals surface area contributed by atoms with E-state index in [4.69, 9.17) is 21.1 Å². The van der Waals surface area contributed by atoms with Crippen LogP contribution in [0.25, 0.3) is 0 Å². The van der Waals surface area contributed by atoms with Crippen LogP contribution in [0.5, 0.6) is 11.5 Å². The van der Waals surface area contributed by atoms with Crippen molar-refractivity contribution >= 4 is 23.0 Å². The van der Waals surface area contributed by atoms with Crippen molar-refractivity contribution in [3.05, 3.63) is 58.1 Å². The number of rotatable bonds is 6. The quantitative estimate of drug-likeness (QED) is 0.626. The molecule has 0 fully saturated rings. The molecular weight excluding hydrogens is 360 g/mol. The van der Waals surface area contributed by atoms with Gasteiger partial charge in [-0.05, 0) is 57.0 Å². The molecule has 0 radical (unpaired) electrons. The predicted octanol–water partition coefficient (Wildman–Crippen LogP) is 5.86. The second-order valence-electron chi connectivity index (χ2n) is 6.41. The molecule has 0 spiro atoms. The van der Waals surface area contributed by atoms with Crippen molar-refractivity contribution in [2.45, 2.75) is 40.0 Å². The Hall–Kier alpha value is -2.33. The molecule has 0 aliphatic carbocycles. The summed E-state index contributed by atoms with van der Waals surface area (Å²) >= 11 is 6.07. The Bertz CT molecular complexity index is 873. The van der Waals surface area contributed by atoms with E-state index in [0.29, 0.717) is 18.2 Å². The van der Waals surface area contributed by atoms with E-state index in [2.05, 4.69) is 23.2 Å². The first kappa shape index (κ1) is 19.4. The zero-order chi connectivity index (χ0) is 19.4. The van der Waals surface area contributed by atoms with E-state index in [1.54, 1.807) is 0 Å². The van der Waals surface area contributed by atoms with Crippen LogP contribution in [0.2, 0.25) is 5.02 Å². The van der Waals surface area contributed by atoms with Gasteiger partial charge in [-0.3, -0.25) is 0 Å². The lowest BCUT2D eigenvalue weighted by Crippen LogP contribution is -2.13. The topological polar surface area (TPSA) is 43.2 Å². The highest BCUT2D eigenvalue weighted by Crippen LogP contribution is 2.38. The highest BCUT2D eigenvalue weighted by molar-refractivity contribution is 6.30. The molecule has 0 saturated carbocycles. The average molecular weight is 385 g/mol. The van der Waals surface area contributed by atoms with Gasteiger partial charge in [-0.15, -0.1) is 5.10 Å². The molecule has 1 heterocycles. The lowest BCUT2D eigenvalue weighted by atomic mass is 9.85. The fraction of sp³-hybridized carbons (Fsp3) is 0.364. The fourth-order valence-corrected chi connectivity index (χ4v) is 3.55. The van der Waals surface area contributed by atoms with Gasteiger partial charge in [-0.1, -0.05) is 30.7 Å². The van der Waals surface area contributed by atoms with Gasteiger partial charge in [0.25, 0.3) is 0 Å². The summed E-state index contributed by atoms with van der Waals surface area (Å²) in [5.74, 6) is 1.68. The van der Waals surface area contributed by atoms with Crippen molar-refractivity contribution in [3.63, 3.8) is 0 Å². The molecule has 1 atom stereocenters. The largest absolute Gasteiger partial charge is 0.490 e. The second-order valence-corrected chi connectivity index (χ2v) is 6.85. The minimum atomic E-state index is 0.184. The molecule has 1 aliphatic rings. The van der Waals surface area contributed by atoms with Gasteiger partial charge in [0.1, 0.15) is 5.71 Å². The van der Waals surface area contributed by atoms with Crippen LogP contribution in [0.15, 0.2) is 46.6 Å². The third kappa shape index (κ3) is 4.01. The molecule has 5 heteroatoms. The molecule has 0 saturated heterocycles. The first-order valence-corrected chi connectivity index (χ1v) is 9.78. The minimum Gasteiger partial charge on any atom is -0.490 e. The highest BCUT2D eigenvalue weighted by atomic mass is 35.5. The van der Waals surface area contributed by atoms with Crippen LogP contribution in [0.3, 0.4) is 0 Å². The molecule has 2 aromatic rings. The molecule has 0 bridgehead atoms. The van der Waals surface area contributed by atoms with Crippen LogP contribution >= 0.6 is 11.6 Å². The molecule has 1 aliphatic heterocycles. The van der Waals surface area contributed by atoms with Crippen LogP contribution < -0.4 is 9.47 Å². The maximum absolute atomic E-state index is 6.07. The van der Waals surface area contributed by atoms with Crippen LogP contribution in [0.4, 0.5) is 0 Å². The number of ether oxygens (including phenoxy) is 2. The summed E-state index contributed by atoms with van der Waals surface area (Å²) in [7, 11) is 0. The third-order valence-corrected chi connectivity index (χ3v) is 4.94. The number of fused-ring (bicyclic) bond motifs is 1. The summed E-state index contributed by atoms with van der Waals surface area (Å²) in [5, 5.41) is 9.79. The van der Waals surface area contributed by atoms with Gasteiger partial charge in [0.05, 0.1) is 13.2 Å². The summed E-state index contributed by atoms with van der Waals surface area (Å²) in [6, 6.07) is 11.8. The van der Waals surface area contributed by atoms with Gasteiger partial charge in [0.2, 0.25) is 0 Å². The molecule has 3 rings (SSSR count). The zero-order valence-corrected chi connectivity index (χ0v) is 17.0. The average Bonchev–Trinajstić information content (AvgIpc) is 2.79. The molecule has 27 heavy (non-hydrogen) atoms. The third-order valence-electron chi connectivity index (χ3n) is 4.68. The first-order chi connectivity index (χ1) is 13.1. The molecule has 1 unspecified atom stereocenters. The zero-order valence-electron chi connectivity index (χ0n) is 16.3. The van der Waals surface area contributed by atoms with Gasteiger partial charge >= 0.3 is 0 Å². The Morgan fingerprint density at radius 1 is 0.926 bits per heavy atom. The van der Waals surface area contributed by atoms with Crippen LogP contribution in [0.1, 0.15) is 56.7 Å². The molecular formula is C22H25ClN2O2. The molecule has 0 amide bonds. The van der Waals surface area contributed by atoms with Crippen molar-refractivity contribution in [1.82, 2.24) is 0 Å². The number of hydrogen-bond acceptors (Lipinski definition) is 4.